The van der Waals surface area contributed by atoms with Gasteiger partial charge in [-0.3, -0.25) is 0 Å². The Bertz CT molecular complexity index is 474. The molecule has 2 aromatic rings. The summed E-state index contributed by atoms with van der Waals surface area (Å²) in [6.45, 7) is 0. The molecule has 19 heavy (non-hydrogen) atoms. The van der Waals surface area contributed by atoms with E-state index in [-0.39, 0.29) is 24.0 Å². The van der Waals surface area contributed by atoms with Crippen molar-refractivity contribution >= 4 is 0 Å². The Hall–Kier alpha value is -0.870. The third-order valence-electron chi connectivity index (χ3n) is 3.39. The molecular weight excluding hydrogens is 345 g/mol. The van der Waals surface area contributed by atoms with Crippen LogP contribution in [0.3, 0.4) is 0 Å². The molecule has 0 radical (unpaired) electrons. The van der Waals surface area contributed by atoms with Gasteiger partial charge in [0.05, 0.1) is 21.1 Å². The van der Waals surface area contributed by atoms with E-state index in [0.717, 1.165) is 10.9 Å². The molecule has 0 saturated heterocycles. The number of hydrogen-bond donors (Lipinski definition) is 0. The number of nitrogens with zero attached hydrogens (tertiary/aromatic N) is 1. The Labute approximate surface area is 133 Å². The van der Waals surface area contributed by atoms with Crippen LogP contribution >= 0.6 is 0 Å². The van der Waals surface area contributed by atoms with Crippen molar-refractivity contribution < 1.29 is 28.5 Å². The third-order valence-corrected chi connectivity index (χ3v) is 3.39. The Balaban J connectivity index is 0.00000180. The average molecular weight is 367 g/mol. The van der Waals surface area contributed by atoms with Crippen LogP contribution in [0.25, 0.3) is 0 Å². The first kappa shape index (κ1) is 16.2. The van der Waals surface area contributed by atoms with Crippen molar-refractivity contribution in [3.05, 3.63) is 71.8 Å². The molecular formula is C17H22IN. The van der Waals surface area contributed by atoms with Crippen molar-refractivity contribution in [2.24, 2.45) is 0 Å². The van der Waals surface area contributed by atoms with Crippen LogP contribution in [0.5, 0.6) is 0 Å². The first-order chi connectivity index (χ1) is 8.57. The maximum Gasteiger partial charge on any atom is 0.118 e. The molecule has 2 rings (SSSR count). The van der Waals surface area contributed by atoms with Gasteiger partial charge in [0.25, 0.3) is 0 Å². The van der Waals surface area contributed by atoms with E-state index in [0.29, 0.717) is 6.04 Å². The van der Waals surface area contributed by atoms with Crippen LogP contribution in [-0.4, -0.2) is 25.6 Å². The zero-order valence-corrected chi connectivity index (χ0v) is 14.0. The van der Waals surface area contributed by atoms with E-state index < -0.39 is 0 Å². The van der Waals surface area contributed by atoms with Crippen molar-refractivity contribution in [2.45, 2.75) is 12.5 Å². The Kier molecular flexibility index (Phi) is 6.01. The van der Waals surface area contributed by atoms with Crippen LogP contribution in [0, 0.1) is 0 Å². The number of benzene rings is 2. The summed E-state index contributed by atoms with van der Waals surface area (Å²) in [5.74, 6) is 0. The van der Waals surface area contributed by atoms with E-state index in [9.17, 15) is 0 Å². The van der Waals surface area contributed by atoms with E-state index in [1.54, 1.807) is 0 Å². The fourth-order valence-corrected chi connectivity index (χ4v) is 2.35. The zero-order valence-electron chi connectivity index (χ0n) is 11.9. The van der Waals surface area contributed by atoms with Crippen molar-refractivity contribution in [2.75, 3.05) is 21.1 Å². The minimum absolute atomic E-state index is 0. The molecule has 1 atom stereocenters. The average Bonchev–Trinajstić information content (AvgIpc) is 2.37. The van der Waals surface area contributed by atoms with E-state index in [1.165, 1.54) is 11.1 Å². The largest absolute Gasteiger partial charge is 1.00 e. The SMILES string of the molecule is C[N+](C)(C)C(Cc1ccccc1)c1ccccc1.[I-]. The van der Waals surface area contributed by atoms with Gasteiger partial charge in [-0.1, -0.05) is 60.7 Å². The molecule has 0 N–H and O–H groups in total. The van der Waals surface area contributed by atoms with Gasteiger partial charge >= 0.3 is 0 Å². The molecule has 0 saturated carbocycles. The van der Waals surface area contributed by atoms with Crippen molar-refractivity contribution in [3.8, 4) is 0 Å². The van der Waals surface area contributed by atoms with Gasteiger partial charge in [0.2, 0.25) is 0 Å². The molecule has 0 aliphatic carbocycles. The summed E-state index contributed by atoms with van der Waals surface area (Å²) >= 11 is 0. The maximum atomic E-state index is 2.26. The highest BCUT2D eigenvalue weighted by molar-refractivity contribution is 5.22. The Morgan fingerprint density at radius 1 is 0.789 bits per heavy atom. The van der Waals surface area contributed by atoms with E-state index >= 15 is 0 Å². The minimum Gasteiger partial charge on any atom is -1.00 e. The molecule has 0 aromatic heterocycles. The lowest BCUT2D eigenvalue weighted by Crippen LogP contribution is -3.00. The number of rotatable bonds is 4. The van der Waals surface area contributed by atoms with Crippen LogP contribution < -0.4 is 24.0 Å². The predicted octanol–water partition coefficient (Wildman–Crippen LogP) is 0.681. The molecule has 0 bridgehead atoms. The van der Waals surface area contributed by atoms with Crippen molar-refractivity contribution in [1.29, 1.82) is 0 Å². The van der Waals surface area contributed by atoms with Crippen LogP contribution in [0.4, 0.5) is 0 Å². The lowest BCUT2D eigenvalue weighted by molar-refractivity contribution is -0.902. The highest BCUT2D eigenvalue weighted by atomic mass is 127. The first-order valence-corrected chi connectivity index (χ1v) is 6.47. The second kappa shape index (κ2) is 7.06. The Morgan fingerprint density at radius 2 is 1.26 bits per heavy atom. The van der Waals surface area contributed by atoms with Crippen LogP contribution in [0.2, 0.25) is 0 Å². The molecule has 0 spiro atoms. The smallest absolute Gasteiger partial charge is 0.118 e. The summed E-state index contributed by atoms with van der Waals surface area (Å²) in [7, 11) is 6.79. The molecule has 0 aliphatic rings. The summed E-state index contributed by atoms with van der Waals surface area (Å²) in [4.78, 5) is 0. The van der Waals surface area contributed by atoms with Crippen LogP contribution in [-0.2, 0) is 6.42 Å². The molecule has 0 amide bonds. The quantitative estimate of drug-likeness (QED) is 0.551. The number of likely N-dealkylation sites (N-methyl/N-ethyl adjacent to an activating group) is 1. The molecule has 1 unspecified atom stereocenters. The van der Waals surface area contributed by atoms with Gasteiger partial charge in [0.15, 0.2) is 0 Å². The molecule has 0 fully saturated rings. The lowest BCUT2D eigenvalue weighted by Gasteiger charge is -2.34. The molecule has 1 nitrogen and oxygen atoms in total. The number of quaternary nitrogens is 1. The fraction of sp³-hybridized carbons (Fsp3) is 0.294. The lowest BCUT2D eigenvalue weighted by atomic mass is 9.96. The monoisotopic (exact) mass is 367 g/mol. The summed E-state index contributed by atoms with van der Waals surface area (Å²) in [6, 6.07) is 22.0. The second-order valence-corrected chi connectivity index (χ2v) is 5.73. The van der Waals surface area contributed by atoms with Crippen molar-refractivity contribution in [1.82, 2.24) is 0 Å². The third kappa shape index (κ3) is 4.62. The standard InChI is InChI=1S/C17H22N.HI/c1-18(2,3)17(16-12-8-5-9-13-16)14-15-10-6-4-7-11-15;/h4-13,17H,14H2,1-3H3;1H/q+1;/p-1. The predicted molar refractivity (Wildman–Crippen MR) is 77.4 cm³/mol. The van der Waals surface area contributed by atoms with E-state index in [4.69, 9.17) is 0 Å². The molecule has 2 heteroatoms. The van der Waals surface area contributed by atoms with Crippen LogP contribution in [0.1, 0.15) is 17.2 Å². The fourth-order valence-electron chi connectivity index (χ4n) is 2.35. The van der Waals surface area contributed by atoms with E-state index in [1.807, 2.05) is 0 Å². The van der Waals surface area contributed by atoms with Gasteiger partial charge < -0.3 is 28.5 Å². The van der Waals surface area contributed by atoms with Gasteiger partial charge in [-0.15, -0.1) is 0 Å². The molecule has 0 heterocycles. The number of hydrogen-bond acceptors (Lipinski definition) is 0. The van der Waals surface area contributed by atoms with Gasteiger partial charge in [0.1, 0.15) is 6.04 Å². The maximum absolute atomic E-state index is 2.26. The summed E-state index contributed by atoms with van der Waals surface area (Å²) < 4.78 is 0.943. The molecule has 2 aromatic carbocycles. The highest BCUT2D eigenvalue weighted by Crippen LogP contribution is 2.27. The molecule has 102 valence electrons. The minimum atomic E-state index is 0. The van der Waals surface area contributed by atoms with E-state index in [2.05, 4.69) is 81.8 Å². The summed E-state index contributed by atoms with van der Waals surface area (Å²) in [5, 5.41) is 0. The Morgan fingerprint density at radius 3 is 1.74 bits per heavy atom. The summed E-state index contributed by atoms with van der Waals surface area (Å²) in [5.41, 5.74) is 2.81. The second-order valence-electron chi connectivity index (χ2n) is 5.73. The normalized spacial score (nSPS) is 12.6. The van der Waals surface area contributed by atoms with Gasteiger partial charge in [0, 0.05) is 12.0 Å². The topological polar surface area (TPSA) is 0 Å². The molecule has 0 aliphatic heterocycles. The van der Waals surface area contributed by atoms with Gasteiger partial charge in [-0.2, -0.15) is 0 Å². The number of halogens is 1. The zero-order chi connectivity index (χ0) is 13.0. The highest BCUT2D eigenvalue weighted by Gasteiger charge is 2.25. The van der Waals surface area contributed by atoms with Gasteiger partial charge in [-0.05, 0) is 5.56 Å². The van der Waals surface area contributed by atoms with Crippen LogP contribution in [0.15, 0.2) is 60.7 Å². The summed E-state index contributed by atoms with van der Waals surface area (Å²) in [6.07, 6.45) is 1.08. The van der Waals surface area contributed by atoms with Gasteiger partial charge in [-0.25, -0.2) is 0 Å². The first-order valence-electron chi connectivity index (χ1n) is 6.47. The van der Waals surface area contributed by atoms with Crippen molar-refractivity contribution in [3.63, 3.8) is 0 Å².